The van der Waals surface area contributed by atoms with Crippen LogP contribution in [0.3, 0.4) is 0 Å². The van der Waals surface area contributed by atoms with Crippen molar-refractivity contribution in [1.29, 1.82) is 5.26 Å². The second kappa shape index (κ2) is 12.9. The molecule has 2 fully saturated rings. The number of esters is 2. The Labute approximate surface area is 293 Å². The Morgan fingerprint density at radius 1 is 1.20 bits per heavy atom. The van der Waals surface area contributed by atoms with E-state index in [4.69, 9.17) is 28.4 Å². The number of likely N-dealkylation sites (N-methyl/N-ethyl adjacent to an activating group) is 1. The summed E-state index contributed by atoms with van der Waals surface area (Å²) in [7, 11) is 3.46. The minimum absolute atomic E-state index is 0.0179. The summed E-state index contributed by atoms with van der Waals surface area (Å²) in [6.45, 7) is 8.19. The van der Waals surface area contributed by atoms with Crippen molar-refractivity contribution >= 4 is 29.8 Å². The largest absolute Gasteiger partial charge is 0.504 e. The minimum atomic E-state index is -1.10. The molecule has 1 amide bonds. The van der Waals surface area contributed by atoms with Gasteiger partial charge in [-0.1, -0.05) is 18.7 Å². The Balaban J connectivity index is 1.49. The Morgan fingerprint density at radius 2 is 1.96 bits per heavy atom. The number of nitrogens with zero attached hydrogens (tertiary/aromatic N) is 3. The van der Waals surface area contributed by atoms with Crippen molar-refractivity contribution in [3.05, 3.63) is 52.1 Å². The van der Waals surface area contributed by atoms with E-state index in [1.807, 2.05) is 20.0 Å². The quantitative estimate of drug-likeness (QED) is 0.263. The van der Waals surface area contributed by atoms with Crippen molar-refractivity contribution in [2.45, 2.75) is 68.7 Å². The molecule has 3 unspecified atom stereocenters. The van der Waals surface area contributed by atoms with Crippen LogP contribution in [0.4, 0.5) is 4.79 Å². The van der Waals surface area contributed by atoms with Gasteiger partial charge >= 0.3 is 18.0 Å². The van der Waals surface area contributed by atoms with E-state index < -0.39 is 53.5 Å². The average molecular weight is 707 g/mol. The fraction of sp³-hybridized carbons (Fsp3) is 0.486. The molecule has 14 nitrogen and oxygen atoms in total. The van der Waals surface area contributed by atoms with Crippen LogP contribution in [0, 0.1) is 25.2 Å². The van der Waals surface area contributed by atoms with E-state index in [2.05, 4.69) is 27.8 Å². The highest BCUT2D eigenvalue weighted by Crippen LogP contribution is 2.64. The molecule has 0 aliphatic carbocycles. The number of aromatic hydroxyl groups is 1. The number of hydrogen-bond acceptors (Lipinski definition) is 14. The van der Waals surface area contributed by atoms with Crippen molar-refractivity contribution < 1.29 is 47.9 Å². The first-order chi connectivity index (χ1) is 24.0. The first-order valence-electron chi connectivity index (χ1n) is 16.3. The first-order valence-corrected chi connectivity index (χ1v) is 17.3. The molecule has 15 heteroatoms. The maximum atomic E-state index is 13.6. The number of aryl methyl sites for hydroxylation is 1. The highest BCUT2D eigenvalue weighted by Gasteiger charge is 2.60. The molecule has 0 spiro atoms. The molecule has 2 saturated heterocycles. The minimum Gasteiger partial charge on any atom is -0.504 e. The topological polar surface area (TPSA) is 169 Å². The highest BCUT2D eigenvalue weighted by atomic mass is 32.2. The summed E-state index contributed by atoms with van der Waals surface area (Å²) in [6, 6.07) is 0.661. The third-order valence-corrected chi connectivity index (χ3v) is 11.7. The summed E-state index contributed by atoms with van der Waals surface area (Å²) >= 11 is 1.34. The maximum Gasteiger partial charge on any atom is 0.408 e. The number of amides is 1. The molecule has 6 aliphatic rings. The van der Waals surface area contributed by atoms with Crippen LogP contribution in [-0.2, 0) is 25.5 Å². The Hall–Kier alpha value is -4.65. The number of nitrogens with one attached hydrogen (secondary N) is 1. The van der Waals surface area contributed by atoms with Gasteiger partial charge in [-0.05, 0) is 38.4 Å². The van der Waals surface area contributed by atoms with Gasteiger partial charge in [0.2, 0.25) is 6.79 Å². The molecular weight excluding hydrogens is 668 g/mol. The van der Waals surface area contributed by atoms with E-state index >= 15 is 0 Å². The molecule has 6 heterocycles. The van der Waals surface area contributed by atoms with Gasteiger partial charge in [0.05, 0.1) is 30.5 Å². The molecule has 0 radical (unpaired) electrons. The number of thioether (sulfide) groups is 1. The van der Waals surface area contributed by atoms with Crippen LogP contribution in [0.25, 0.3) is 0 Å². The number of hydrogen-bond donors (Lipinski definition) is 2. The van der Waals surface area contributed by atoms with Crippen LogP contribution in [-0.4, -0.2) is 97.0 Å². The molecule has 2 aromatic carbocycles. The van der Waals surface area contributed by atoms with Gasteiger partial charge in [-0.25, -0.2) is 9.59 Å². The lowest BCUT2D eigenvalue weighted by Crippen LogP contribution is -2.69. The third kappa shape index (κ3) is 5.11. The molecule has 2 aromatic rings. The second-order valence-electron chi connectivity index (χ2n) is 13.0. The Kier molecular flexibility index (Phi) is 8.73. The highest BCUT2D eigenvalue weighted by molar-refractivity contribution is 7.99. The lowest BCUT2D eigenvalue weighted by molar-refractivity contribution is -0.151. The zero-order valence-electron chi connectivity index (χ0n) is 28.3. The smallest absolute Gasteiger partial charge is 0.408 e. The van der Waals surface area contributed by atoms with Gasteiger partial charge in [0.15, 0.2) is 23.0 Å². The van der Waals surface area contributed by atoms with Gasteiger partial charge in [0.1, 0.15) is 31.0 Å². The Morgan fingerprint density at radius 3 is 2.66 bits per heavy atom. The molecule has 50 heavy (non-hydrogen) atoms. The average Bonchev–Trinajstić information content (AvgIpc) is 3.57. The number of alkyl carbamates (subject to hydrolysis) is 1. The number of rotatable bonds is 5. The van der Waals surface area contributed by atoms with Gasteiger partial charge in [-0.3, -0.25) is 14.6 Å². The molecular formula is C35H38N4O10S. The number of phenols is 1. The van der Waals surface area contributed by atoms with Crippen molar-refractivity contribution in [2.24, 2.45) is 0 Å². The molecule has 8 rings (SSSR count). The summed E-state index contributed by atoms with van der Waals surface area (Å²) in [5.74, 6) is 0.321. The fourth-order valence-corrected chi connectivity index (χ4v) is 9.89. The normalized spacial score (nSPS) is 27.8. The lowest BCUT2D eigenvalue weighted by atomic mass is 9.71. The van der Waals surface area contributed by atoms with Crippen LogP contribution in [0.15, 0.2) is 18.7 Å². The number of carbonyl (C=O) groups excluding carboxylic acids is 3. The van der Waals surface area contributed by atoms with Gasteiger partial charge in [0.25, 0.3) is 0 Å². The number of fused-ring (bicyclic) bond motifs is 10. The predicted octanol–water partition coefficient (Wildman–Crippen LogP) is 3.51. The molecule has 0 saturated carbocycles. The predicted molar refractivity (Wildman–Crippen MR) is 178 cm³/mol. The summed E-state index contributed by atoms with van der Waals surface area (Å²) in [5, 5.41) is 24.8. The monoisotopic (exact) mass is 706 g/mol. The Bertz CT molecular complexity index is 1840. The van der Waals surface area contributed by atoms with Crippen molar-refractivity contribution in [1.82, 2.24) is 15.1 Å². The van der Waals surface area contributed by atoms with Gasteiger partial charge in [-0.2, -0.15) is 5.26 Å². The number of piperazine rings is 1. The summed E-state index contributed by atoms with van der Waals surface area (Å²) in [5.41, 5.74) is 4.15. The standard InChI is InChI=1S/C35H38N4O10S/c1-7-8-45-35(43)37-19-13-50-33-25-24(32-31(47-14-48-32)16(3)30(25)49-17(4)40)22(12-46-34(19)42)39-21(11-36)20-10-18-9-15(2)29(44-6)28(41)23(18)26(27(33)39)38(20)5/h7,9,19-22,26-27,33,41H,1,8,10,12-14H2,2-6H3,(H,37,43)/t19?,20?,21-,22-,26+,27?,33+/m0/s1. The van der Waals surface area contributed by atoms with Crippen LogP contribution in [0.5, 0.6) is 28.7 Å². The van der Waals surface area contributed by atoms with E-state index in [0.717, 1.165) is 11.1 Å². The van der Waals surface area contributed by atoms with Crippen molar-refractivity contribution in [2.75, 3.05) is 39.9 Å². The molecule has 4 bridgehead atoms. The zero-order valence-corrected chi connectivity index (χ0v) is 29.1. The number of benzene rings is 2. The summed E-state index contributed by atoms with van der Waals surface area (Å²) in [4.78, 5) is 43.2. The van der Waals surface area contributed by atoms with Crippen LogP contribution in [0.2, 0.25) is 0 Å². The van der Waals surface area contributed by atoms with Gasteiger partial charge in [0, 0.05) is 47.0 Å². The SMILES string of the molecule is C=CCOC(=O)NC1CS[C@@H]2c3c(OC(C)=O)c(C)c4c(c3[C@H](COC1=O)N1C2[C@H]2c3c(cc(C)c(OC)c3O)CC([C@@H]1C#N)N2C)OCO4. The van der Waals surface area contributed by atoms with E-state index in [9.17, 15) is 24.8 Å². The molecule has 2 N–H and O–H groups in total. The van der Waals surface area contributed by atoms with Crippen LogP contribution >= 0.6 is 11.8 Å². The number of methoxy groups -OCH3 is 1. The maximum absolute atomic E-state index is 13.6. The first kappa shape index (κ1) is 33.8. The van der Waals surface area contributed by atoms with E-state index in [1.165, 1.54) is 31.9 Å². The zero-order chi connectivity index (χ0) is 35.6. The van der Waals surface area contributed by atoms with E-state index in [-0.39, 0.29) is 37.6 Å². The number of carbonyl (C=O) groups is 3. The molecule has 7 atom stereocenters. The van der Waals surface area contributed by atoms with E-state index in [1.54, 1.807) is 6.92 Å². The van der Waals surface area contributed by atoms with Crippen molar-refractivity contribution in [3.63, 3.8) is 0 Å². The van der Waals surface area contributed by atoms with Gasteiger partial charge < -0.3 is 38.8 Å². The second-order valence-corrected chi connectivity index (χ2v) is 14.1. The third-order valence-electron chi connectivity index (χ3n) is 10.3. The molecule has 264 valence electrons. The number of phenolic OH excluding ortho intramolecular Hbond substituents is 1. The summed E-state index contributed by atoms with van der Waals surface area (Å²) < 4.78 is 34.8. The molecule has 6 aliphatic heterocycles. The van der Waals surface area contributed by atoms with Crippen LogP contribution < -0.4 is 24.3 Å². The molecule has 0 aromatic heterocycles. The summed E-state index contributed by atoms with van der Waals surface area (Å²) in [6.07, 6.45) is 1.08. The number of nitriles is 1. The fourth-order valence-electron chi connectivity index (χ4n) is 8.39. The lowest BCUT2D eigenvalue weighted by Gasteiger charge is -2.61. The van der Waals surface area contributed by atoms with E-state index in [0.29, 0.717) is 51.7 Å². The number of ether oxygens (including phenoxy) is 6. The van der Waals surface area contributed by atoms with Crippen LogP contribution in [0.1, 0.15) is 57.6 Å². The van der Waals surface area contributed by atoms with Gasteiger partial charge in [-0.15, -0.1) is 11.8 Å². The van der Waals surface area contributed by atoms with Crippen molar-refractivity contribution in [3.8, 4) is 34.8 Å².